The van der Waals surface area contributed by atoms with Gasteiger partial charge in [0.05, 0.1) is 4.90 Å². The number of hydrogen-bond donors (Lipinski definition) is 3. The lowest BCUT2D eigenvalue weighted by atomic mass is 9.97. The van der Waals surface area contributed by atoms with Crippen molar-refractivity contribution >= 4 is 49.9 Å². The van der Waals surface area contributed by atoms with Crippen molar-refractivity contribution in [3.05, 3.63) is 102 Å². The Bertz CT molecular complexity index is 1680. The van der Waals surface area contributed by atoms with Gasteiger partial charge in [0.2, 0.25) is 11.8 Å². The number of nitrogens with one attached hydrogen (secondary N) is 2. The fraction of sp³-hybridized carbons (Fsp3) is 0.194. The molecule has 4 rings (SSSR count). The maximum atomic E-state index is 13.4. The Morgan fingerprint density at radius 2 is 1.51 bits per heavy atom. The normalized spacial score (nSPS) is 12.0. The number of benzene rings is 4. The van der Waals surface area contributed by atoms with Gasteiger partial charge < -0.3 is 16.0 Å². The molecule has 0 bridgehead atoms. The van der Waals surface area contributed by atoms with Gasteiger partial charge in [-0.3, -0.25) is 14.4 Å². The van der Waals surface area contributed by atoms with Gasteiger partial charge in [-0.15, -0.1) is 0 Å². The zero-order valence-corrected chi connectivity index (χ0v) is 23.6. The number of rotatable bonds is 10. The van der Waals surface area contributed by atoms with Crippen molar-refractivity contribution < 1.29 is 22.8 Å². The Morgan fingerprint density at radius 3 is 2.17 bits per heavy atom. The lowest BCUT2D eigenvalue weighted by Crippen LogP contribution is -2.46. The summed E-state index contributed by atoms with van der Waals surface area (Å²) >= 11 is 0. The van der Waals surface area contributed by atoms with Crippen LogP contribution in [0.25, 0.3) is 10.8 Å². The van der Waals surface area contributed by atoms with E-state index in [0.717, 1.165) is 5.39 Å². The van der Waals surface area contributed by atoms with Crippen molar-refractivity contribution in [1.29, 1.82) is 0 Å². The van der Waals surface area contributed by atoms with E-state index in [1.54, 1.807) is 80.6 Å². The number of carbonyl (C=O) groups is 3. The smallest absolute Gasteiger partial charge is 0.264 e. The van der Waals surface area contributed by atoms with E-state index in [0.29, 0.717) is 41.0 Å². The molecule has 4 aromatic carbocycles. The number of carbonyl (C=O) groups excluding carboxylic acids is 3. The lowest BCUT2D eigenvalue weighted by Gasteiger charge is -2.25. The number of nitrogen functional groups attached to an aromatic ring is 1. The molecule has 1 atom stereocenters. The molecule has 9 nitrogen and oxygen atoms in total. The van der Waals surface area contributed by atoms with Gasteiger partial charge >= 0.3 is 0 Å². The molecule has 41 heavy (non-hydrogen) atoms. The van der Waals surface area contributed by atoms with E-state index in [-0.39, 0.29) is 17.2 Å². The molecule has 0 radical (unpaired) electrons. The van der Waals surface area contributed by atoms with Crippen LogP contribution in [-0.4, -0.2) is 44.1 Å². The minimum Gasteiger partial charge on any atom is -0.399 e. The van der Waals surface area contributed by atoms with Crippen molar-refractivity contribution in [2.75, 3.05) is 24.1 Å². The second-order valence-corrected chi connectivity index (χ2v) is 11.2. The molecule has 212 valence electrons. The summed E-state index contributed by atoms with van der Waals surface area (Å²) in [6.45, 7) is 4.32. The number of hydrogen-bond acceptors (Lipinski definition) is 6. The maximum Gasteiger partial charge on any atom is 0.264 e. The molecule has 0 saturated heterocycles. The average Bonchev–Trinajstić information content (AvgIpc) is 2.96. The highest BCUT2D eigenvalue weighted by Crippen LogP contribution is 2.21. The van der Waals surface area contributed by atoms with Crippen molar-refractivity contribution in [2.45, 2.75) is 25.2 Å². The Balaban J connectivity index is 1.53. The van der Waals surface area contributed by atoms with Gasteiger partial charge in [-0.25, -0.2) is 13.1 Å². The Morgan fingerprint density at radius 1 is 0.829 bits per heavy atom. The van der Waals surface area contributed by atoms with E-state index < -0.39 is 27.8 Å². The van der Waals surface area contributed by atoms with E-state index in [1.165, 1.54) is 17.0 Å². The van der Waals surface area contributed by atoms with Gasteiger partial charge in [-0.2, -0.15) is 0 Å². The molecule has 0 aliphatic rings. The molecule has 0 aliphatic carbocycles. The van der Waals surface area contributed by atoms with Gasteiger partial charge in [0, 0.05) is 30.0 Å². The predicted molar refractivity (Wildman–Crippen MR) is 160 cm³/mol. The van der Waals surface area contributed by atoms with Crippen LogP contribution >= 0.6 is 0 Å². The fourth-order valence-corrected chi connectivity index (χ4v) is 5.54. The van der Waals surface area contributed by atoms with Crippen molar-refractivity contribution in [1.82, 2.24) is 9.62 Å². The second-order valence-electron chi connectivity index (χ2n) is 9.52. The molecule has 3 amide bonds. The molecule has 0 fully saturated rings. The minimum atomic E-state index is -4.24. The van der Waals surface area contributed by atoms with Gasteiger partial charge in [0.1, 0.15) is 5.92 Å². The molecule has 0 aliphatic heterocycles. The van der Waals surface area contributed by atoms with Crippen molar-refractivity contribution in [2.24, 2.45) is 5.92 Å². The molecule has 1 unspecified atom stereocenters. The summed E-state index contributed by atoms with van der Waals surface area (Å²) in [6.07, 6.45) is -0.0299. The van der Waals surface area contributed by atoms with Crippen LogP contribution in [0.4, 0.5) is 11.4 Å². The standard InChI is InChI=1S/C31H32N4O5S/c1-3-35(4-2)31(38)28(30(37)34-41(39,40)27-17-14-22-8-5-6-9-23(22)20-27)18-21-12-15-26(16-13-21)33-29(36)24-10-7-11-25(32)19-24/h5-17,19-20,28H,3-4,18,32H2,1-2H3,(H,33,36)(H,34,37). The minimum absolute atomic E-state index is 0.0299. The SMILES string of the molecule is CCN(CC)C(=O)C(Cc1ccc(NC(=O)c2cccc(N)c2)cc1)C(=O)NS(=O)(=O)c1ccc2ccccc2c1. The first kappa shape index (κ1) is 29.3. The molecule has 4 aromatic rings. The molecule has 4 N–H and O–H groups in total. The van der Waals surface area contributed by atoms with Crippen LogP contribution in [0.2, 0.25) is 0 Å². The Hall–Kier alpha value is -4.70. The van der Waals surface area contributed by atoms with E-state index in [4.69, 9.17) is 5.73 Å². The second kappa shape index (κ2) is 12.6. The predicted octanol–water partition coefficient (Wildman–Crippen LogP) is 4.21. The number of amides is 3. The number of nitrogens with two attached hydrogens (primary N) is 1. The average molecular weight is 573 g/mol. The van der Waals surface area contributed by atoms with Crippen molar-refractivity contribution in [3.8, 4) is 0 Å². The highest BCUT2D eigenvalue weighted by atomic mass is 32.2. The van der Waals surface area contributed by atoms with Crippen LogP contribution in [0.3, 0.4) is 0 Å². The van der Waals surface area contributed by atoms with E-state index in [2.05, 4.69) is 10.0 Å². The van der Waals surface area contributed by atoms with Crippen LogP contribution in [-0.2, 0) is 26.0 Å². The van der Waals surface area contributed by atoms with E-state index in [1.807, 2.05) is 12.1 Å². The monoisotopic (exact) mass is 572 g/mol. The number of nitrogens with zero attached hydrogens (tertiary/aromatic N) is 1. The van der Waals surface area contributed by atoms with Gasteiger partial charge in [0.15, 0.2) is 0 Å². The van der Waals surface area contributed by atoms with Crippen molar-refractivity contribution in [3.63, 3.8) is 0 Å². The van der Waals surface area contributed by atoms with Gasteiger partial charge in [-0.1, -0.05) is 48.5 Å². The zero-order chi connectivity index (χ0) is 29.6. The van der Waals surface area contributed by atoms with Crippen LogP contribution in [0.15, 0.2) is 95.9 Å². The Kier molecular flexibility index (Phi) is 9.04. The fourth-order valence-electron chi connectivity index (χ4n) is 4.49. The molecule has 0 spiro atoms. The Labute approximate surface area is 239 Å². The van der Waals surface area contributed by atoms with Crippen LogP contribution in [0, 0.1) is 5.92 Å². The molecule has 0 heterocycles. The molecular weight excluding hydrogens is 540 g/mol. The lowest BCUT2D eigenvalue weighted by molar-refractivity contribution is -0.141. The third-order valence-electron chi connectivity index (χ3n) is 6.76. The largest absolute Gasteiger partial charge is 0.399 e. The third-order valence-corrected chi connectivity index (χ3v) is 8.10. The number of fused-ring (bicyclic) bond motifs is 1. The quantitative estimate of drug-likeness (QED) is 0.192. The highest BCUT2D eigenvalue weighted by molar-refractivity contribution is 7.90. The van der Waals surface area contributed by atoms with E-state index >= 15 is 0 Å². The summed E-state index contributed by atoms with van der Waals surface area (Å²) in [5.41, 5.74) is 7.77. The highest BCUT2D eigenvalue weighted by Gasteiger charge is 2.33. The third kappa shape index (κ3) is 7.09. The molecular formula is C31H32N4O5S. The summed E-state index contributed by atoms with van der Waals surface area (Å²) < 4.78 is 28.4. The summed E-state index contributed by atoms with van der Waals surface area (Å²) in [5.74, 6) is -3.00. The van der Waals surface area contributed by atoms with Crippen LogP contribution < -0.4 is 15.8 Å². The number of anilines is 2. The molecule has 0 saturated carbocycles. The number of sulfonamides is 1. The first-order valence-electron chi connectivity index (χ1n) is 13.2. The first-order chi connectivity index (χ1) is 19.6. The topological polar surface area (TPSA) is 139 Å². The maximum absolute atomic E-state index is 13.4. The van der Waals surface area contributed by atoms with Crippen LogP contribution in [0.5, 0.6) is 0 Å². The summed E-state index contributed by atoms with van der Waals surface area (Å²) in [7, 11) is -4.24. The van der Waals surface area contributed by atoms with Crippen LogP contribution in [0.1, 0.15) is 29.8 Å². The first-order valence-corrected chi connectivity index (χ1v) is 14.7. The molecule has 10 heteroatoms. The summed E-state index contributed by atoms with van der Waals surface area (Å²) in [6, 6.07) is 25.1. The van der Waals surface area contributed by atoms with Gasteiger partial charge in [-0.05, 0) is 79.1 Å². The summed E-state index contributed by atoms with van der Waals surface area (Å²) in [5, 5.41) is 4.35. The van der Waals surface area contributed by atoms with Gasteiger partial charge in [0.25, 0.3) is 15.9 Å². The molecule has 0 aromatic heterocycles. The zero-order valence-electron chi connectivity index (χ0n) is 22.8. The van der Waals surface area contributed by atoms with E-state index in [9.17, 15) is 22.8 Å². The summed E-state index contributed by atoms with van der Waals surface area (Å²) in [4.78, 5) is 40.7.